The summed E-state index contributed by atoms with van der Waals surface area (Å²) in [6, 6.07) is 17.2. The van der Waals surface area contributed by atoms with Crippen molar-refractivity contribution in [2.24, 2.45) is 0 Å². The van der Waals surface area contributed by atoms with Gasteiger partial charge in [0, 0.05) is 11.3 Å². The summed E-state index contributed by atoms with van der Waals surface area (Å²) in [4.78, 5) is 11.6. The molecule has 0 unspecified atom stereocenters. The largest absolute Gasteiger partial charge is 0.405 e. The molecule has 0 radical (unpaired) electrons. The Labute approximate surface area is 159 Å². The van der Waals surface area contributed by atoms with Gasteiger partial charge in [-0.25, -0.2) is 8.42 Å². The second kappa shape index (κ2) is 7.51. The highest BCUT2D eigenvalue weighted by molar-refractivity contribution is 7.92. The van der Waals surface area contributed by atoms with E-state index in [2.05, 4.69) is 4.72 Å². The number of nitrogens with one attached hydrogen (secondary N) is 2. The normalized spacial score (nSPS) is 12.0. The number of amides is 1. The molecule has 9 heteroatoms. The first-order valence-electron chi connectivity index (χ1n) is 8.11. The zero-order chi connectivity index (χ0) is 20.4. The molecule has 146 valence electrons. The van der Waals surface area contributed by atoms with E-state index in [1.165, 1.54) is 0 Å². The summed E-state index contributed by atoms with van der Waals surface area (Å²) in [6.45, 7) is -1.46. The third-order valence-electron chi connectivity index (χ3n) is 3.88. The maximum atomic E-state index is 12.5. The van der Waals surface area contributed by atoms with Gasteiger partial charge in [-0.15, -0.1) is 0 Å². The van der Waals surface area contributed by atoms with E-state index < -0.39 is 28.7 Å². The molecule has 0 atom stereocenters. The van der Waals surface area contributed by atoms with E-state index in [0.717, 1.165) is 35.0 Å². The third kappa shape index (κ3) is 4.80. The lowest BCUT2D eigenvalue weighted by atomic mass is 10.1. The van der Waals surface area contributed by atoms with Crippen LogP contribution >= 0.6 is 0 Å². The number of carbonyl (C=O) groups is 1. The van der Waals surface area contributed by atoms with Crippen LogP contribution in [-0.4, -0.2) is 27.0 Å². The first-order valence-corrected chi connectivity index (χ1v) is 9.59. The zero-order valence-electron chi connectivity index (χ0n) is 14.3. The Balaban J connectivity index is 1.75. The van der Waals surface area contributed by atoms with E-state index in [1.54, 1.807) is 23.5 Å². The first-order chi connectivity index (χ1) is 13.1. The van der Waals surface area contributed by atoms with E-state index >= 15 is 0 Å². The van der Waals surface area contributed by atoms with E-state index in [9.17, 15) is 26.4 Å². The van der Waals surface area contributed by atoms with Crippen molar-refractivity contribution in [2.75, 3.05) is 11.3 Å². The van der Waals surface area contributed by atoms with Gasteiger partial charge in [-0.2, -0.15) is 13.2 Å². The Hall–Kier alpha value is -3.07. The fraction of sp³-hybridized carbons (Fsp3) is 0.105. The number of rotatable bonds is 5. The van der Waals surface area contributed by atoms with E-state index in [-0.39, 0.29) is 10.5 Å². The number of sulfonamides is 1. The minimum Gasteiger partial charge on any atom is -0.343 e. The van der Waals surface area contributed by atoms with Crippen molar-refractivity contribution in [1.82, 2.24) is 5.32 Å². The highest BCUT2D eigenvalue weighted by Crippen LogP contribution is 2.22. The van der Waals surface area contributed by atoms with E-state index in [4.69, 9.17) is 0 Å². The number of alkyl halides is 3. The quantitative estimate of drug-likeness (QED) is 0.672. The van der Waals surface area contributed by atoms with Crippen LogP contribution in [0, 0.1) is 0 Å². The molecule has 0 spiro atoms. The highest BCUT2D eigenvalue weighted by Gasteiger charge is 2.28. The number of anilines is 1. The Morgan fingerprint density at radius 1 is 0.893 bits per heavy atom. The van der Waals surface area contributed by atoms with Crippen molar-refractivity contribution < 1.29 is 26.4 Å². The summed E-state index contributed by atoms with van der Waals surface area (Å²) in [6.07, 6.45) is -4.53. The molecule has 3 aromatic carbocycles. The number of hydrogen-bond acceptors (Lipinski definition) is 3. The van der Waals surface area contributed by atoms with Crippen LogP contribution in [0.15, 0.2) is 71.6 Å². The van der Waals surface area contributed by atoms with E-state index in [0.29, 0.717) is 5.69 Å². The van der Waals surface area contributed by atoms with Crippen molar-refractivity contribution in [3.8, 4) is 0 Å². The van der Waals surface area contributed by atoms with Crippen LogP contribution in [0.2, 0.25) is 0 Å². The van der Waals surface area contributed by atoms with Gasteiger partial charge >= 0.3 is 6.18 Å². The van der Waals surface area contributed by atoms with Crippen LogP contribution < -0.4 is 10.0 Å². The Kier molecular flexibility index (Phi) is 5.28. The maximum Gasteiger partial charge on any atom is 0.405 e. The molecule has 0 heterocycles. The monoisotopic (exact) mass is 408 g/mol. The number of halogens is 3. The molecule has 0 bridgehead atoms. The van der Waals surface area contributed by atoms with Crippen molar-refractivity contribution in [3.05, 3.63) is 72.3 Å². The minimum absolute atomic E-state index is 0.0751. The van der Waals surface area contributed by atoms with Gasteiger partial charge in [-0.05, 0) is 47.2 Å². The predicted molar refractivity (Wildman–Crippen MR) is 99.6 cm³/mol. The third-order valence-corrected chi connectivity index (χ3v) is 5.28. The molecular weight excluding hydrogens is 393 g/mol. The van der Waals surface area contributed by atoms with Crippen molar-refractivity contribution in [3.63, 3.8) is 0 Å². The molecule has 0 saturated heterocycles. The summed E-state index contributed by atoms with van der Waals surface area (Å²) in [5.74, 6) is -0.941. The molecule has 2 N–H and O–H groups in total. The van der Waals surface area contributed by atoms with Crippen LogP contribution in [0.25, 0.3) is 10.8 Å². The average molecular weight is 408 g/mol. The lowest BCUT2D eigenvalue weighted by Gasteiger charge is -2.10. The lowest BCUT2D eigenvalue weighted by Crippen LogP contribution is -2.33. The van der Waals surface area contributed by atoms with Crippen molar-refractivity contribution >= 4 is 32.4 Å². The van der Waals surface area contributed by atoms with Gasteiger partial charge in [-0.1, -0.05) is 30.3 Å². The second-order valence-electron chi connectivity index (χ2n) is 5.99. The number of benzene rings is 3. The summed E-state index contributed by atoms with van der Waals surface area (Å²) in [5.41, 5.74) is 0.291. The molecule has 3 rings (SSSR count). The van der Waals surface area contributed by atoms with Gasteiger partial charge in [0.2, 0.25) is 0 Å². The lowest BCUT2D eigenvalue weighted by molar-refractivity contribution is -0.123. The number of fused-ring (bicyclic) bond motifs is 1. The van der Waals surface area contributed by atoms with Crippen LogP contribution in [0.3, 0.4) is 0 Å². The molecule has 0 fully saturated rings. The summed E-state index contributed by atoms with van der Waals surface area (Å²) < 4.78 is 63.9. The van der Waals surface area contributed by atoms with Gasteiger partial charge < -0.3 is 5.32 Å². The number of hydrogen-bond donors (Lipinski definition) is 2. The minimum atomic E-state index is -4.53. The van der Waals surface area contributed by atoms with Crippen LogP contribution in [0.5, 0.6) is 0 Å². The highest BCUT2D eigenvalue weighted by atomic mass is 32.2. The molecule has 0 aliphatic rings. The predicted octanol–water partition coefficient (Wildman–Crippen LogP) is 3.93. The summed E-state index contributed by atoms with van der Waals surface area (Å²) in [5, 5.41) is 3.54. The Bertz CT molecular complexity index is 1110. The fourth-order valence-electron chi connectivity index (χ4n) is 2.53. The van der Waals surface area contributed by atoms with Crippen molar-refractivity contribution in [1.29, 1.82) is 0 Å². The maximum absolute atomic E-state index is 12.5. The molecule has 0 aliphatic heterocycles. The summed E-state index contributed by atoms with van der Waals surface area (Å²) >= 11 is 0. The molecule has 0 aromatic heterocycles. The molecule has 0 aliphatic carbocycles. The van der Waals surface area contributed by atoms with Gasteiger partial charge in [-0.3, -0.25) is 9.52 Å². The molecule has 28 heavy (non-hydrogen) atoms. The first kappa shape index (κ1) is 19.7. The van der Waals surface area contributed by atoms with Gasteiger partial charge in [0.25, 0.3) is 15.9 Å². The molecule has 3 aromatic rings. The molecule has 5 nitrogen and oxygen atoms in total. The molecule has 0 saturated carbocycles. The van der Waals surface area contributed by atoms with Gasteiger partial charge in [0.15, 0.2) is 0 Å². The van der Waals surface area contributed by atoms with Crippen LogP contribution in [-0.2, 0) is 10.0 Å². The Morgan fingerprint density at radius 2 is 1.54 bits per heavy atom. The Morgan fingerprint density at radius 3 is 2.18 bits per heavy atom. The van der Waals surface area contributed by atoms with E-state index in [1.807, 2.05) is 24.3 Å². The SMILES string of the molecule is O=C(NCC(F)(F)F)c1ccc(S(=O)(=O)Nc2ccc3ccccc3c2)cc1. The smallest absolute Gasteiger partial charge is 0.343 e. The van der Waals surface area contributed by atoms with Crippen LogP contribution in [0.1, 0.15) is 10.4 Å². The average Bonchev–Trinajstić information content (AvgIpc) is 2.65. The number of carbonyl (C=O) groups excluding carboxylic acids is 1. The molecular formula is C19H15F3N2O3S. The zero-order valence-corrected chi connectivity index (χ0v) is 15.1. The molecule has 1 amide bonds. The van der Waals surface area contributed by atoms with Crippen LogP contribution in [0.4, 0.5) is 18.9 Å². The standard InChI is InChI=1S/C19H15F3N2O3S/c20-19(21,22)12-23-18(25)14-6-9-17(10-7-14)28(26,27)24-16-8-5-13-3-1-2-4-15(13)11-16/h1-11,24H,12H2,(H,23,25). The topological polar surface area (TPSA) is 75.3 Å². The van der Waals surface area contributed by atoms with Gasteiger partial charge in [0.1, 0.15) is 6.54 Å². The van der Waals surface area contributed by atoms with Gasteiger partial charge in [0.05, 0.1) is 4.90 Å². The fourth-order valence-corrected chi connectivity index (χ4v) is 3.58. The summed E-state index contributed by atoms with van der Waals surface area (Å²) in [7, 11) is -3.92. The second-order valence-corrected chi connectivity index (χ2v) is 7.67. The van der Waals surface area contributed by atoms with Crippen molar-refractivity contribution in [2.45, 2.75) is 11.1 Å².